The molecule has 2 aliphatic carbocycles. The van der Waals surface area contributed by atoms with Crippen molar-refractivity contribution in [3.8, 4) is 0 Å². The number of fused-ring (bicyclic) bond motifs is 2. The first-order valence-corrected chi connectivity index (χ1v) is 11.6. The number of carbonyl (C=O) groups is 1. The van der Waals surface area contributed by atoms with E-state index in [0.29, 0.717) is 13.2 Å². The molecule has 3 aliphatic rings. The van der Waals surface area contributed by atoms with Crippen LogP contribution in [0.3, 0.4) is 0 Å². The highest BCUT2D eigenvalue weighted by Gasteiger charge is 2.26. The molecule has 1 heterocycles. The van der Waals surface area contributed by atoms with Gasteiger partial charge in [0.25, 0.3) is 0 Å². The van der Waals surface area contributed by atoms with Crippen LogP contribution in [-0.2, 0) is 40.3 Å². The number of hydrogen-bond acceptors (Lipinski definition) is 5. The van der Waals surface area contributed by atoms with Gasteiger partial charge in [-0.05, 0) is 67.7 Å². The van der Waals surface area contributed by atoms with Crippen molar-refractivity contribution >= 4 is 28.4 Å². The molecule has 1 atom stereocenters. The molecule has 0 radical (unpaired) electrons. The van der Waals surface area contributed by atoms with Crippen molar-refractivity contribution in [1.29, 1.82) is 0 Å². The number of anilines is 1. The molecule has 1 aromatic carbocycles. The molecule has 0 unspecified atom stereocenters. The topological polar surface area (TPSA) is 109 Å². The molecule has 9 heteroatoms. The highest BCUT2D eigenvalue weighted by atomic mass is 32.2. The van der Waals surface area contributed by atoms with Crippen LogP contribution in [0.4, 0.5) is 10.5 Å². The molecule has 1 saturated heterocycles. The number of urea groups is 1. The Kier molecular flexibility index (Phi) is 5.35. The number of amides is 2. The molecule has 0 bridgehead atoms. The number of nitrogens with one attached hydrogen (secondary N) is 1. The Morgan fingerprint density at radius 3 is 2.48 bits per heavy atom. The lowest BCUT2D eigenvalue weighted by Crippen LogP contribution is -2.30. The third-order valence-electron chi connectivity index (χ3n) is 5.82. The van der Waals surface area contributed by atoms with E-state index in [0.717, 1.165) is 50.6 Å². The zero-order chi connectivity index (χ0) is 20.6. The van der Waals surface area contributed by atoms with Crippen LogP contribution in [0.25, 0.3) is 0 Å². The lowest BCUT2D eigenvalue weighted by molar-refractivity contribution is 0.0656. The Morgan fingerprint density at radius 2 is 1.86 bits per heavy atom. The summed E-state index contributed by atoms with van der Waals surface area (Å²) in [5, 5.41) is 14.2. The standard InChI is InChI=1S/C20H27N5O3S/c1-13(19-25(22-2)10-5-11-28-19)29(21,27)24-20(26)23-18-16-8-3-6-14(16)12-15-7-4-9-17(15)18/h12H,2-11H2,1H3,(H3,21,23,24,26,27)/b19-13-/t29-/m1/s1. The number of ether oxygens (including phenoxy) is 1. The summed E-state index contributed by atoms with van der Waals surface area (Å²) in [7, 11) is -3.46. The summed E-state index contributed by atoms with van der Waals surface area (Å²) in [5.74, 6) is 0.261. The molecule has 1 aliphatic heterocycles. The summed E-state index contributed by atoms with van der Waals surface area (Å²) in [6.45, 7) is 6.10. The maximum atomic E-state index is 13.0. The van der Waals surface area contributed by atoms with E-state index >= 15 is 0 Å². The number of carbonyl (C=O) groups excluding carboxylic acids is 1. The van der Waals surface area contributed by atoms with Gasteiger partial charge in [-0.1, -0.05) is 6.07 Å². The number of hydrogen-bond donors (Lipinski definition) is 2. The third-order valence-corrected chi connectivity index (χ3v) is 7.31. The van der Waals surface area contributed by atoms with Crippen molar-refractivity contribution in [2.45, 2.75) is 51.9 Å². The lowest BCUT2D eigenvalue weighted by Gasteiger charge is -2.28. The fourth-order valence-electron chi connectivity index (χ4n) is 4.39. The lowest BCUT2D eigenvalue weighted by atomic mass is 9.99. The molecular weight excluding hydrogens is 390 g/mol. The largest absolute Gasteiger partial charge is 0.477 e. The zero-order valence-corrected chi connectivity index (χ0v) is 17.5. The summed E-state index contributed by atoms with van der Waals surface area (Å²) >= 11 is 0. The van der Waals surface area contributed by atoms with Gasteiger partial charge in [0.1, 0.15) is 9.92 Å². The molecule has 29 heavy (non-hydrogen) atoms. The fourth-order valence-corrected chi connectivity index (χ4v) is 5.23. The van der Waals surface area contributed by atoms with Crippen LogP contribution in [0.5, 0.6) is 0 Å². The highest BCUT2D eigenvalue weighted by Crippen LogP contribution is 2.38. The number of nitrogens with two attached hydrogens (primary N) is 1. The molecule has 1 aromatic rings. The van der Waals surface area contributed by atoms with Crippen molar-refractivity contribution in [2.24, 2.45) is 14.6 Å². The molecule has 8 nitrogen and oxygen atoms in total. The van der Waals surface area contributed by atoms with Crippen LogP contribution in [0, 0.1) is 0 Å². The van der Waals surface area contributed by atoms with E-state index < -0.39 is 15.9 Å². The number of aryl methyl sites for hydroxylation is 2. The van der Waals surface area contributed by atoms with Crippen LogP contribution >= 0.6 is 0 Å². The van der Waals surface area contributed by atoms with Gasteiger partial charge >= 0.3 is 6.03 Å². The van der Waals surface area contributed by atoms with Crippen molar-refractivity contribution in [3.63, 3.8) is 0 Å². The van der Waals surface area contributed by atoms with E-state index in [1.165, 1.54) is 27.3 Å². The Bertz CT molecular complexity index is 991. The summed E-state index contributed by atoms with van der Waals surface area (Å²) < 4.78 is 22.4. The van der Waals surface area contributed by atoms with Gasteiger partial charge in [0.15, 0.2) is 0 Å². The molecular formula is C20H27N5O3S. The first-order chi connectivity index (χ1) is 13.9. The third kappa shape index (κ3) is 3.76. The molecule has 0 spiro atoms. The normalized spacial score (nSPS) is 21.5. The number of nitrogens with zero attached hydrogens (tertiary/aromatic N) is 3. The molecule has 0 aromatic heterocycles. The van der Waals surface area contributed by atoms with E-state index in [9.17, 15) is 9.00 Å². The quantitative estimate of drug-likeness (QED) is 0.737. The monoisotopic (exact) mass is 417 g/mol. The van der Waals surface area contributed by atoms with Crippen molar-refractivity contribution in [2.75, 3.05) is 18.5 Å². The molecule has 4 rings (SSSR count). The van der Waals surface area contributed by atoms with E-state index in [-0.39, 0.29) is 10.8 Å². The van der Waals surface area contributed by atoms with Gasteiger partial charge in [-0.3, -0.25) is 0 Å². The van der Waals surface area contributed by atoms with Gasteiger partial charge in [-0.15, -0.1) is 4.36 Å². The SMILES string of the molecule is C=NN1CCCO/C1=C(/C)[S@](N)(=O)=NC(=O)Nc1c2c(cc3c1CCC3)CCC2. The Hall–Kier alpha value is -2.39. The van der Waals surface area contributed by atoms with Gasteiger partial charge < -0.3 is 10.1 Å². The van der Waals surface area contributed by atoms with Crippen LogP contribution in [0.1, 0.15) is 48.4 Å². The number of rotatable bonds is 3. The highest BCUT2D eigenvalue weighted by molar-refractivity contribution is 7.95. The summed E-state index contributed by atoms with van der Waals surface area (Å²) in [4.78, 5) is 12.9. The minimum Gasteiger partial charge on any atom is -0.477 e. The molecule has 2 amide bonds. The second kappa shape index (κ2) is 7.79. The first kappa shape index (κ1) is 19.9. The van der Waals surface area contributed by atoms with Crippen molar-refractivity contribution < 1.29 is 13.7 Å². The van der Waals surface area contributed by atoms with E-state index in [2.05, 4.69) is 27.6 Å². The average molecular weight is 418 g/mol. The van der Waals surface area contributed by atoms with Crippen molar-refractivity contribution in [1.82, 2.24) is 5.01 Å². The van der Waals surface area contributed by atoms with E-state index in [1.54, 1.807) is 6.92 Å². The second-order valence-corrected chi connectivity index (χ2v) is 9.58. The van der Waals surface area contributed by atoms with Crippen LogP contribution < -0.4 is 10.5 Å². The minimum atomic E-state index is -3.46. The summed E-state index contributed by atoms with van der Waals surface area (Å²) in [6.07, 6.45) is 6.87. The van der Waals surface area contributed by atoms with Crippen molar-refractivity contribution in [3.05, 3.63) is 39.1 Å². The number of benzene rings is 1. The van der Waals surface area contributed by atoms with Gasteiger partial charge in [0.05, 0.1) is 11.5 Å². The Morgan fingerprint density at radius 1 is 1.21 bits per heavy atom. The predicted octanol–water partition coefficient (Wildman–Crippen LogP) is 3.06. The zero-order valence-electron chi connectivity index (χ0n) is 16.7. The van der Waals surface area contributed by atoms with E-state index in [1.807, 2.05) is 0 Å². The second-order valence-electron chi connectivity index (χ2n) is 7.65. The number of allylic oxidation sites excluding steroid dienone is 1. The summed E-state index contributed by atoms with van der Waals surface area (Å²) in [5.41, 5.74) is 5.83. The van der Waals surface area contributed by atoms with Gasteiger partial charge in [-0.2, -0.15) is 5.10 Å². The first-order valence-electron chi connectivity index (χ1n) is 10.0. The average Bonchev–Trinajstić information content (AvgIpc) is 3.36. The maximum Gasteiger partial charge on any atom is 0.354 e. The fraction of sp³-hybridized carbons (Fsp3) is 0.500. The van der Waals surface area contributed by atoms with Gasteiger partial charge in [-0.25, -0.2) is 19.2 Å². The smallest absolute Gasteiger partial charge is 0.354 e. The van der Waals surface area contributed by atoms with Crippen LogP contribution in [-0.4, -0.2) is 35.1 Å². The maximum absolute atomic E-state index is 13.0. The predicted molar refractivity (Wildman–Crippen MR) is 114 cm³/mol. The molecule has 1 fully saturated rings. The molecule has 3 N–H and O–H groups in total. The Balaban J connectivity index is 1.65. The van der Waals surface area contributed by atoms with Gasteiger partial charge in [0, 0.05) is 25.4 Å². The van der Waals surface area contributed by atoms with Crippen LogP contribution in [0.2, 0.25) is 0 Å². The molecule has 156 valence electrons. The minimum absolute atomic E-state index is 0.184. The summed E-state index contributed by atoms with van der Waals surface area (Å²) in [6, 6.07) is 1.59. The van der Waals surface area contributed by atoms with Crippen LogP contribution in [0.15, 0.2) is 26.3 Å². The van der Waals surface area contributed by atoms with E-state index in [4.69, 9.17) is 9.88 Å². The number of hydrazone groups is 1. The molecule has 0 saturated carbocycles. The van der Waals surface area contributed by atoms with Gasteiger partial charge in [0.2, 0.25) is 5.88 Å². The Labute approximate surface area is 171 Å².